The van der Waals surface area contributed by atoms with Gasteiger partial charge in [0.2, 0.25) is 0 Å². The van der Waals surface area contributed by atoms with E-state index in [4.69, 9.17) is 15.0 Å². The molecule has 15 aromatic rings. The highest BCUT2D eigenvalue weighted by atomic mass is 15.1. The van der Waals surface area contributed by atoms with Gasteiger partial charge in [0.05, 0.1) is 68.3 Å². The van der Waals surface area contributed by atoms with E-state index in [2.05, 4.69) is 197 Å². The third-order valence-electron chi connectivity index (χ3n) is 16.3. The molecule has 0 aliphatic rings. The van der Waals surface area contributed by atoms with Gasteiger partial charge in [0.1, 0.15) is 0 Å². The van der Waals surface area contributed by atoms with Crippen LogP contribution in [0.1, 0.15) is 16.7 Å². The monoisotopic (exact) mass is 1090 g/mol. The summed E-state index contributed by atoms with van der Waals surface area (Å²) >= 11 is 0. The lowest BCUT2D eigenvalue weighted by atomic mass is 9.99. The fourth-order valence-electron chi connectivity index (χ4n) is 12.1. The second kappa shape index (κ2) is 21.2. The van der Waals surface area contributed by atoms with Gasteiger partial charge in [0, 0.05) is 38.2 Å². The minimum Gasteiger partial charge on any atom is -0.308 e. The van der Waals surface area contributed by atoms with E-state index in [-0.39, 0.29) is 0 Å². The molecule has 0 fully saturated rings. The summed E-state index contributed by atoms with van der Waals surface area (Å²) < 4.78 is 4.66. The highest BCUT2D eigenvalue weighted by molar-refractivity contribution is 6.12. The van der Waals surface area contributed by atoms with Gasteiger partial charge in [-0.15, -0.1) is 0 Å². The molecular weight excluding hydrogens is 1050 g/mol. The second-order valence-corrected chi connectivity index (χ2v) is 21.3. The van der Waals surface area contributed by atoms with Crippen molar-refractivity contribution in [2.75, 3.05) is 0 Å². The van der Waals surface area contributed by atoms with Crippen molar-refractivity contribution in [2.24, 2.45) is 0 Å². The Kier molecular flexibility index (Phi) is 12.5. The maximum atomic E-state index is 9.82. The van der Waals surface area contributed by atoms with Crippen LogP contribution in [0.4, 0.5) is 0 Å². The summed E-state index contributed by atoms with van der Waals surface area (Å²) in [7, 11) is 0. The summed E-state index contributed by atoms with van der Waals surface area (Å²) in [4.78, 5) is 16.7. The molecule has 8 nitrogen and oxygen atoms in total. The lowest BCUT2D eigenvalue weighted by Gasteiger charge is -2.18. The zero-order valence-electron chi connectivity index (χ0n) is 46.1. The van der Waals surface area contributed by atoms with Gasteiger partial charge in [-0.3, -0.25) is 0 Å². The Balaban J connectivity index is 1.01. The van der Waals surface area contributed by atoms with Crippen molar-refractivity contribution in [3.05, 3.63) is 296 Å². The maximum absolute atomic E-state index is 9.82. The van der Waals surface area contributed by atoms with E-state index in [0.29, 0.717) is 34.2 Å². The lowest BCUT2D eigenvalue weighted by molar-refractivity contribution is 1.06. The Hall–Kier alpha value is -12.3. The highest BCUT2D eigenvalue weighted by Crippen LogP contribution is 2.43. The molecule has 398 valence electrons. The lowest BCUT2D eigenvalue weighted by Crippen LogP contribution is -2.06. The van der Waals surface area contributed by atoms with Crippen molar-refractivity contribution in [3.63, 3.8) is 0 Å². The Bertz CT molecular complexity index is 5010. The number of hydrogen-bond acceptors (Lipinski definition) is 6. The number of rotatable bonds is 10. The van der Waals surface area contributed by atoms with Crippen LogP contribution in [0.3, 0.4) is 0 Å². The van der Waals surface area contributed by atoms with Gasteiger partial charge in [-0.25, -0.2) is 15.0 Å². The van der Waals surface area contributed by atoms with Gasteiger partial charge in [-0.05, 0) is 153 Å². The molecule has 0 saturated heterocycles. The molecule has 3 heterocycles. The Morgan fingerprint density at radius 2 is 0.570 bits per heavy atom. The zero-order chi connectivity index (χ0) is 57.7. The number of para-hydroxylation sites is 2. The first-order chi connectivity index (χ1) is 42.5. The van der Waals surface area contributed by atoms with E-state index in [1.807, 2.05) is 109 Å². The summed E-state index contributed by atoms with van der Waals surface area (Å²) in [6.45, 7) is 0. The van der Waals surface area contributed by atoms with E-state index in [1.54, 1.807) is 0 Å². The number of aromatic nitrogens is 5. The Morgan fingerprint density at radius 3 is 1.03 bits per heavy atom. The summed E-state index contributed by atoms with van der Waals surface area (Å²) in [5.74, 6) is 1.39. The molecule has 12 aromatic carbocycles. The molecule has 0 radical (unpaired) electrons. The molecule has 0 atom stereocenters. The van der Waals surface area contributed by atoms with Crippen molar-refractivity contribution in [1.29, 1.82) is 15.8 Å². The van der Waals surface area contributed by atoms with Crippen molar-refractivity contribution in [3.8, 4) is 119 Å². The molecule has 0 amide bonds. The highest BCUT2D eigenvalue weighted by Gasteiger charge is 2.24. The first kappa shape index (κ1) is 50.7. The maximum Gasteiger partial charge on any atom is 0.166 e. The molecular formula is C78H46N8. The smallest absolute Gasteiger partial charge is 0.166 e. The van der Waals surface area contributed by atoms with Gasteiger partial charge >= 0.3 is 0 Å². The van der Waals surface area contributed by atoms with Crippen molar-refractivity contribution < 1.29 is 0 Å². The van der Waals surface area contributed by atoms with Crippen LogP contribution in [-0.2, 0) is 0 Å². The average Bonchev–Trinajstić information content (AvgIpc) is 2.21. The normalized spacial score (nSPS) is 11.2. The quantitative estimate of drug-likeness (QED) is 0.135. The van der Waals surface area contributed by atoms with Gasteiger partial charge in [0.15, 0.2) is 17.5 Å². The molecule has 0 spiro atoms. The minimum absolute atomic E-state index is 0.459. The summed E-state index contributed by atoms with van der Waals surface area (Å²) in [5.41, 5.74) is 20.0. The van der Waals surface area contributed by atoms with Gasteiger partial charge in [0.25, 0.3) is 0 Å². The first-order valence-corrected chi connectivity index (χ1v) is 28.3. The SMILES string of the molecule is N#Cc1ccc(-c2ccc(-c3nc(-c4ccc(-c5cccc(C#N)c5)cc4)nc(-c4ccc(-c5ccc(C#N)cc5)cc4-n4c5ccccc5c5cc(-c6ccccc6)ccc54)n3)c(-n3c4ccccc4c4cc(-c5ccccc5)ccc43)c2)cc1. The van der Waals surface area contributed by atoms with Crippen LogP contribution >= 0.6 is 0 Å². The van der Waals surface area contributed by atoms with E-state index in [1.165, 1.54) is 0 Å². The van der Waals surface area contributed by atoms with E-state index >= 15 is 0 Å². The third-order valence-corrected chi connectivity index (χ3v) is 16.3. The molecule has 0 N–H and O–H groups in total. The molecule has 0 aliphatic carbocycles. The van der Waals surface area contributed by atoms with Crippen LogP contribution in [-0.4, -0.2) is 24.1 Å². The number of nitriles is 3. The fourth-order valence-corrected chi connectivity index (χ4v) is 12.1. The van der Waals surface area contributed by atoms with E-state index in [9.17, 15) is 15.8 Å². The van der Waals surface area contributed by atoms with Crippen LogP contribution in [0.25, 0.3) is 145 Å². The van der Waals surface area contributed by atoms with E-state index < -0.39 is 0 Å². The molecule has 8 heteroatoms. The summed E-state index contributed by atoms with van der Waals surface area (Å²) in [6.07, 6.45) is 0. The van der Waals surface area contributed by atoms with Crippen LogP contribution in [0.2, 0.25) is 0 Å². The van der Waals surface area contributed by atoms with Gasteiger partial charge in [-0.1, -0.05) is 182 Å². The van der Waals surface area contributed by atoms with Crippen LogP contribution in [0.5, 0.6) is 0 Å². The predicted molar refractivity (Wildman–Crippen MR) is 346 cm³/mol. The first-order valence-electron chi connectivity index (χ1n) is 28.3. The molecule has 15 rings (SSSR count). The minimum atomic E-state index is 0.459. The van der Waals surface area contributed by atoms with Crippen LogP contribution in [0.15, 0.2) is 279 Å². The van der Waals surface area contributed by atoms with Crippen molar-refractivity contribution >= 4 is 43.6 Å². The Morgan fingerprint density at radius 1 is 0.233 bits per heavy atom. The number of nitrogens with zero attached hydrogens (tertiary/aromatic N) is 8. The molecule has 3 aromatic heterocycles. The van der Waals surface area contributed by atoms with Crippen molar-refractivity contribution in [1.82, 2.24) is 24.1 Å². The molecule has 0 aliphatic heterocycles. The standard InChI is InChI=1S/C78H46N8/c79-47-50-22-26-55(27-23-50)62-34-38-66(74(45-62)85-70-20-9-7-18-64(70)68-43-60(36-40-72(68)85)53-13-3-1-4-14-53)77-82-76(58-32-30-57(31-33-58)59-17-11-12-52(42-59)49-81)83-78(84-77)67-39-35-63(56-28-24-51(48-80)25-29-56)46-75(67)86-71-21-10-8-19-65(71)69-44-61(37-41-73(69)86)54-15-5-2-6-16-54/h1-46H. The zero-order valence-corrected chi connectivity index (χ0v) is 46.1. The average molecular weight is 1100 g/mol. The van der Waals surface area contributed by atoms with Crippen LogP contribution in [0, 0.1) is 34.0 Å². The predicted octanol–water partition coefficient (Wildman–Crippen LogP) is 19.0. The molecule has 86 heavy (non-hydrogen) atoms. The van der Waals surface area contributed by atoms with Gasteiger partial charge in [-0.2, -0.15) is 15.8 Å². The molecule has 0 saturated carbocycles. The topological polar surface area (TPSA) is 120 Å². The van der Waals surface area contributed by atoms with E-state index in [0.717, 1.165) is 127 Å². The fraction of sp³-hybridized carbons (Fsp3) is 0. The summed E-state index contributed by atoms with van der Waals surface area (Å²) in [5, 5.41) is 33.8. The Labute approximate surface area is 495 Å². The second-order valence-electron chi connectivity index (χ2n) is 21.3. The number of fused-ring (bicyclic) bond motifs is 6. The van der Waals surface area contributed by atoms with Gasteiger partial charge < -0.3 is 9.13 Å². The van der Waals surface area contributed by atoms with Crippen molar-refractivity contribution in [2.45, 2.75) is 0 Å². The molecule has 0 bridgehead atoms. The molecule has 0 unspecified atom stereocenters. The largest absolute Gasteiger partial charge is 0.308 e. The third kappa shape index (κ3) is 8.99. The van der Waals surface area contributed by atoms with Crippen LogP contribution < -0.4 is 0 Å². The number of benzene rings is 12. The summed E-state index contributed by atoms with van der Waals surface area (Å²) in [6, 6.07) is 102. The number of hydrogen-bond donors (Lipinski definition) is 0.